The van der Waals surface area contributed by atoms with Crippen LogP contribution in [-0.2, 0) is 4.74 Å². The Labute approximate surface area is 127 Å². The second kappa shape index (κ2) is 5.92. The zero-order valence-electron chi connectivity index (χ0n) is 12.5. The molecule has 2 fully saturated rings. The van der Waals surface area contributed by atoms with Crippen LogP contribution in [0.25, 0.3) is 0 Å². The number of ether oxygens (including phenoxy) is 1. The van der Waals surface area contributed by atoms with Crippen molar-refractivity contribution < 1.29 is 18.3 Å². The number of nitrogens with zero attached hydrogens (tertiary/aromatic N) is 3. The number of alkyl halides is 2. The molecule has 22 heavy (non-hydrogen) atoms. The Balaban J connectivity index is 1.57. The van der Waals surface area contributed by atoms with Gasteiger partial charge in [-0.1, -0.05) is 0 Å². The molecular weight excluding hydrogens is 294 g/mol. The Morgan fingerprint density at radius 1 is 1.55 bits per heavy atom. The number of likely N-dealkylation sites (tertiary alicyclic amines) is 2. The number of H-pyrrole nitrogens is 1. The quantitative estimate of drug-likeness (QED) is 0.880. The average Bonchev–Trinajstić information content (AvgIpc) is 3.02. The van der Waals surface area contributed by atoms with Crippen molar-refractivity contribution in [2.24, 2.45) is 0 Å². The molecule has 6 nitrogen and oxygen atoms in total. The summed E-state index contributed by atoms with van der Waals surface area (Å²) < 4.78 is 32.7. The van der Waals surface area contributed by atoms with Crippen LogP contribution in [-0.4, -0.2) is 76.8 Å². The highest BCUT2D eigenvalue weighted by atomic mass is 19.3. The van der Waals surface area contributed by atoms with E-state index in [-0.39, 0.29) is 31.0 Å². The van der Waals surface area contributed by atoms with Crippen LogP contribution in [0.2, 0.25) is 0 Å². The van der Waals surface area contributed by atoms with E-state index in [2.05, 4.69) is 10.2 Å². The fraction of sp³-hybridized carbons (Fsp3) is 0.714. The van der Waals surface area contributed by atoms with Crippen molar-refractivity contribution in [3.63, 3.8) is 0 Å². The average molecular weight is 314 g/mol. The largest absolute Gasteiger partial charge is 0.380 e. The van der Waals surface area contributed by atoms with Crippen LogP contribution in [0.1, 0.15) is 23.7 Å². The highest BCUT2D eigenvalue weighted by Gasteiger charge is 2.50. The summed E-state index contributed by atoms with van der Waals surface area (Å²) in [6.45, 7) is 3.39. The van der Waals surface area contributed by atoms with Crippen LogP contribution in [0.3, 0.4) is 0 Å². The smallest absolute Gasteiger partial charge is 0.262 e. The number of halogens is 2. The molecule has 0 radical (unpaired) electrons. The van der Waals surface area contributed by atoms with Gasteiger partial charge < -0.3 is 9.64 Å². The van der Waals surface area contributed by atoms with Crippen LogP contribution in [0.4, 0.5) is 8.78 Å². The molecule has 3 heterocycles. The molecule has 122 valence electrons. The number of aromatic nitrogens is 2. The number of amides is 1. The van der Waals surface area contributed by atoms with Gasteiger partial charge in [0.25, 0.3) is 11.8 Å². The Hall–Kier alpha value is -1.54. The number of nitrogens with one attached hydrogen (secondary N) is 1. The molecule has 0 saturated carbocycles. The summed E-state index contributed by atoms with van der Waals surface area (Å²) in [5, 5.41) is 6.34. The predicted octanol–water partition coefficient (Wildman–Crippen LogP) is 0.980. The summed E-state index contributed by atoms with van der Waals surface area (Å²) >= 11 is 0. The van der Waals surface area contributed by atoms with Crippen LogP contribution in [0.15, 0.2) is 12.4 Å². The first kappa shape index (κ1) is 15.4. The van der Waals surface area contributed by atoms with E-state index in [4.69, 9.17) is 4.74 Å². The van der Waals surface area contributed by atoms with Crippen molar-refractivity contribution in [3.8, 4) is 0 Å². The third-order valence-corrected chi connectivity index (χ3v) is 4.30. The first-order chi connectivity index (χ1) is 10.5. The van der Waals surface area contributed by atoms with Gasteiger partial charge in [-0.05, 0) is 6.92 Å². The van der Waals surface area contributed by atoms with Crippen LogP contribution in [0, 0.1) is 0 Å². The molecule has 8 heteroatoms. The molecule has 0 aromatic carbocycles. The summed E-state index contributed by atoms with van der Waals surface area (Å²) in [6.07, 6.45) is 2.84. The SMILES string of the molecule is CCOCC1CC(F)(F)CN1C1CN(C(=O)c2cn[nH]c2)C1. The standard InChI is InChI=1S/C14H20F2N4O2/c1-2-22-8-11-3-14(15,16)9-20(11)12-6-19(7-12)13(21)10-4-17-18-5-10/h4-5,11-12H,2-3,6-9H2,1H3,(H,17,18). The zero-order valence-corrected chi connectivity index (χ0v) is 12.5. The summed E-state index contributed by atoms with van der Waals surface area (Å²) in [7, 11) is 0. The van der Waals surface area contributed by atoms with E-state index in [1.165, 1.54) is 12.4 Å². The van der Waals surface area contributed by atoms with Crippen LogP contribution in [0.5, 0.6) is 0 Å². The minimum absolute atomic E-state index is 0.0188. The van der Waals surface area contributed by atoms with Crippen LogP contribution < -0.4 is 0 Å². The Bertz CT molecular complexity index is 517. The predicted molar refractivity (Wildman–Crippen MR) is 74.8 cm³/mol. The molecule has 0 bridgehead atoms. The Morgan fingerprint density at radius 2 is 2.32 bits per heavy atom. The number of aromatic amines is 1. The van der Waals surface area contributed by atoms with Gasteiger partial charge in [0.1, 0.15) is 0 Å². The van der Waals surface area contributed by atoms with Gasteiger partial charge in [-0.3, -0.25) is 14.8 Å². The molecule has 1 atom stereocenters. The first-order valence-corrected chi connectivity index (χ1v) is 7.49. The molecule has 1 aromatic rings. The maximum atomic E-state index is 13.7. The fourth-order valence-electron chi connectivity index (χ4n) is 3.14. The minimum atomic E-state index is -2.67. The van der Waals surface area contributed by atoms with Gasteiger partial charge in [-0.15, -0.1) is 0 Å². The minimum Gasteiger partial charge on any atom is -0.380 e. The first-order valence-electron chi connectivity index (χ1n) is 7.49. The molecule has 0 spiro atoms. The normalized spacial score (nSPS) is 25.4. The molecule has 0 aliphatic carbocycles. The van der Waals surface area contributed by atoms with Crippen molar-refractivity contribution in [1.82, 2.24) is 20.0 Å². The van der Waals surface area contributed by atoms with E-state index in [1.54, 1.807) is 9.80 Å². The highest BCUT2D eigenvalue weighted by molar-refractivity contribution is 5.94. The monoisotopic (exact) mass is 314 g/mol. The number of hydrogen-bond acceptors (Lipinski definition) is 4. The third kappa shape index (κ3) is 2.98. The number of hydrogen-bond donors (Lipinski definition) is 1. The van der Waals surface area contributed by atoms with E-state index < -0.39 is 5.92 Å². The van der Waals surface area contributed by atoms with Gasteiger partial charge in [-0.2, -0.15) is 5.10 Å². The topological polar surface area (TPSA) is 61.5 Å². The summed E-state index contributed by atoms with van der Waals surface area (Å²) in [5.74, 6) is -2.78. The van der Waals surface area contributed by atoms with E-state index in [0.717, 1.165) is 0 Å². The van der Waals surface area contributed by atoms with Crippen molar-refractivity contribution in [2.75, 3.05) is 32.8 Å². The molecule has 1 aromatic heterocycles. The van der Waals surface area contributed by atoms with Gasteiger partial charge in [0, 0.05) is 44.4 Å². The fourth-order valence-corrected chi connectivity index (χ4v) is 3.14. The number of carbonyl (C=O) groups is 1. The van der Waals surface area contributed by atoms with Crippen molar-refractivity contribution in [3.05, 3.63) is 18.0 Å². The lowest BCUT2D eigenvalue weighted by atomic mass is 10.0. The van der Waals surface area contributed by atoms with Crippen molar-refractivity contribution in [1.29, 1.82) is 0 Å². The lowest BCUT2D eigenvalue weighted by Gasteiger charge is -2.45. The molecule has 3 rings (SSSR count). The van der Waals surface area contributed by atoms with E-state index in [9.17, 15) is 13.6 Å². The molecular formula is C14H20F2N4O2. The highest BCUT2D eigenvalue weighted by Crippen LogP contribution is 2.35. The van der Waals surface area contributed by atoms with Crippen molar-refractivity contribution >= 4 is 5.91 Å². The van der Waals surface area contributed by atoms with Gasteiger partial charge in [0.2, 0.25) is 0 Å². The maximum Gasteiger partial charge on any atom is 0.262 e. The zero-order chi connectivity index (χ0) is 15.7. The lowest BCUT2D eigenvalue weighted by Crippen LogP contribution is -2.62. The molecule has 2 aliphatic rings. The van der Waals surface area contributed by atoms with Gasteiger partial charge in [-0.25, -0.2) is 8.78 Å². The Kier molecular flexibility index (Phi) is 4.14. The molecule has 1 amide bonds. The Morgan fingerprint density at radius 3 is 2.95 bits per heavy atom. The number of carbonyl (C=O) groups excluding carboxylic acids is 1. The molecule has 2 aliphatic heterocycles. The lowest BCUT2D eigenvalue weighted by molar-refractivity contribution is -0.0148. The summed E-state index contributed by atoms with van der Waals surface area (Å²) in [6, 6.07) is -0.291. The van der Waals surface area contributed by atoms with E-state index >= 15 is 0 Å². The third-order valence-electron chi connectivity index (χ3n) is 4.30. The molecule has 2 saturated heterocycles. The maximum absolute atomic E-state index is 13.7. The second-order valence-corrected chi connectivity index (χ2v) is 5.90. The summed E-state index contributed by atoms with van der Waals surface area (Å²) in [4.78, 5) is 15.6. The van der Waals surface area contributed by atoms with Crippen molar-refractivity contribution in [2.45, 2.75) is 31.4 Å². The molecule has 1 unspecified atom stereocenters. The van der Waals surface area contributed by atoms with Gasteiger partial charge >= 0.3 is 0 Å². The van der Waals surface area contributed by atoms with Gasteiger partial charge in [0.15, 0.2) is 0 Å². The van der Waals surface area contributed by atoms with Crippen LogP contribution >= 0.6 is 0 Å². The van der Waals surface area contributed by atoms with E-state index in [0.29, 0.717) is 31.9 Å². The number of rotatable bonds is 5. The second-order valence-electron chi connectivity index (χ2n) is 5.90. The summed E-state index contributed by atoms with van der Waals surface area (Å²) in [5.41, 5.74) is 0.496. The molecule has 1 N–H and O–H groups in total. The van der Waals surface area contributed by atoms with Gasteiger partial charge in [0.05, 0.1) is 24.9 Å². The van der Waals surface area contributed by atoms with E-state index in [1.807, 2.05) is 6.92 Å².